The van der Waals surface area contributed by atoms with Gasteiger partial charge in [-0.1, -0.05) is 55.6 Å². The predicted octanol–water partition coefficient (Wildman–Crippen LogP) is 7.02. The van der Waals surface area contributed by atoms with Gasteiger partial charge in [-0.25, -0.2) is 8.42 Å². The zero-order valence-corrected chi connectivity index (χ0v) is 18.4. The van der Waals surface area contributed by atoms with E-state index in [0.29, 0.717) is 11.6 Å². The molecule has 0 atom stereocenters. The predicted molar refractivity (Wildman–Crippen MR) is 99.2 cm³/mol. The number of hydrogen-bond donors (Lipinski definition) is 0. The summed E-state index contributed by atoms with van der Waals surface area (Å²) in [7, 11) is -6.48. The van der Waals surface area contributed by atoms with Crippen LogP contribution in [0.3, 0.4) is 0 Å². The largest absolute Gasteiger partial charge is 0.461 e. The zero-order chi connectivity index (χ0) is 22.4. The number of rotatable bonds is 5. The second-order valence-electron chi connectivity index (χ2n) is 5.76. The summed E-state index contributed by atoms with van der Waals surface area (Å²) >= 11 is 11.6. The highest BCUT2D eigenvalue weighted by molar-refractivity contribution is 9.11. The van der Waals surface area contributed by atoms with Crippen LogP contribution in [0.4, 0.5) is 30.7 Å². The van der Waals surface area contributed by atoms with E-state index in [0.717, 1.165) is 0 Å². The molecule has 0 spiro atoms. The van der Waals surface area contributed by atoms with E-state index >= 15 is 0 Å². The molecule has 0 aromatic heterocycles. The molecule has 0 bridgehead atoms. The van der Waals surface area contributed by atoms with Crippen LogP contribution < -0.4 is 0 Å². The van der Waals surface area contributed by atoms with Crippen molar-refractivity contribution in [3.8, 4) is 0 Å². The van der Waals surface area contributed by atoms with Crippen molar-refractivity contribution in [2.24, 2.45) is 0 Å². The minimum Gasteiger partial charge on any atom is -0.217 e. The molecule has 2 aromatic carbocycles. The lowest BCUT2D eigenvalue weighted by molar-refractivity contribution is -0.332. The maximum absolute atomic E-state index is 14.1. The van der Waals surface area contributed by atoms with Gasteiger partial charge >= 0.3 is 17.4 Å². The van der Waals surface area contributed by atoms with Gasteiger partial charge in [-0.2, -0.15) is 30.7 Å². The van der Waals surface area contributed by atoms with Crippen LogP contribution in [-0.2, 0) is 16.3 Å². The van der Waals surface area contributed by atoms with E-state index in [9.17, 15) is 39.2 Å². The molecule has 0 aliphatic carbocycles. The van der Waals surface area contributed by atoms with Crippen LogP contribution in [0.25, 0.3) is 0 Å². The van der Waals surface area contributed by atoms with Crippen LogP contribution in [0.5, 0.6) is 0 Å². The minimum atomic E-state index is -6.82. The van der Waals surface area contributed by atoms with Crippen LogP contribution in [0.15, 0.2) is 50.2 Å². The Bertz CT molecular complexity index is 1040. The lowest BCUT2D eigenvalue weighted by Gasteiger charge is -2.28. The molecule has 0 fully saturated rings. The van der Waals surface area contributed by atoms with Crippen molar-refractivity contribution in [2.75, 3.05) is 0 Å². The van der Waals surface area contributed by atoms with Gasteiger partial charge in [-0.3, -0.25) is 0 Å². The Balaban J connectivity index is 2.73. The van der Waals surface area contributed by atoms with Gasteiger partial charge in [-0.15, -0.1) is 0 Å². The van der Waals surface area contributed by atoms with Crippen LogP contribution >= 0.6 is 43.5 Å². The molecule has 0 amide bonds. The summed E-state index contributed by atoms with van der Waals surface area (Å²) in [5, 5.41) is -6.24. The Morgan fingerprint density at radius 2 is 1.52 bits per heavy atom. The average molecular weight is 593 g/mol. The zero-order valence-electron chi connectivity index (χ0n) is 13.7. The molecule has 0 saturated heterocycles. The minimum absolute atomic E-state index is 0.100. The SMILES string of the molecule is O=S(=O)(c1cc(Br)cc(Br)c1Cc1cccc(Cl)c1)C(F)(F)C(F)(F)C(F)(F)F. The summed E-state index contributed by atoms with van der Waals surface area (Å²) < 4.78 is 117. The van der Waals surface area contributed by atoms with Gasteiger partial charge in [0.15, 0.2) is 0 Å². The molecule has 13 heteroatoms. The third kappa shape index (κ3) is 4.45. The first-order chi connectivity index (χ1) is 13.0. The molecule has 0 radical (unpaired) electrons. The maximum Gasteiger partial charge on any atom is 0.461 e. The Morgan fingerprint density at radius 3 is 2.03 bits per heavy atom. The van der Waals surface area contributed by atoms with Gasteiger partial charge in [-0.05, 0) is 41.8 Å². The van der Waals surface area contributed by atoms with Gasteiger partial charge in [0, 0.05) is 14.0 Å². The van der Waals surface area contributed by atoms with Crippen LogP contribution in [0, 0.1) is 0 Å². The number of hydrogen-bond acceptors (Lipinski definition) is 2. The molecule has 2 nitrogen and oxygen atoms in total. The van der Waals surface area contributed by atoms with Gasteiger partial charge in [0.2, 0.25) is 0 Å². The molecule has 0 aliphatic heterocycles. The second-order valence-corrected chi connectivity index (χ2v) is 9.93. The Labute approximate surface area is 182 Å². The smallest absolute Gasteiger partial charge is 0.217 e. The third-order valence-corrected chi connectivity index (χ3v) is 7.01. The Morgan fingerprint density at radius 1 is 0.931 bits per heavy atom. The highest BCUT2D eigenvalue weighted by atomic mass is 79.9. The normalized spacial score (nSPS) is 13.6. The standard InChI is InChI=1S/C16H8Br2ClF7O2S/c17-9-6-12(18)11(5-8-2-1-3-10(19)4-8)13(7-9)29(27,28)16(25,26)14(20,21)15(22,23)24/h1-4,6-7H,5H2. The lowest BCUT2D eigenvalue weighted by atomic mass is 10.1. The van der Waals surface area contributed by atoms with E-state index in [1.807, 2.05) is 0 Å². The summed E-state index contributed by atoms with van der Waals surface area (Å²) in [5.41, 5.74) is -0.129. The Kier molecular flexibility index (Phi) is 6.74. The molecule has 0 heterocycles. The fourth-order valence-electron chi connectivity index (χ4n) is 2.31. The number of alkyl halides is 7. The summed E-state index contributed by atoms with van der Waals surface area (Å²) in [5.74, 6) is -6.82. The van der Waals surface area contributed by atoms with Gasteiger partial charge in [0.1, 0.15) is 0 Å². The molecule has 2 rings (SSSR count). The topological polar surface area (TPSA) is 34.1 Å². The van der Waals surface area contributed by atoms with Crippen LogP contribution in [0.1, 0.15) is 11.1 Å². The quantitative estimate of drug-likeness (QED) is 0.350. The van der Waals surface area contributed by atoms with E-state index in [4.69, 9.17) is 11.6 Å². The van der Waals surface area contributed by atoms with E-state index in [1.165, 1.54) is 30.3 Å². The first-order valence-electron chi connectivity index (χ1n) is 7.31. The van der Waals surface area contributed by atoms with Crippen LogP contribution in [-0.4, -0.2) is 25.8 Å². The van der Waals surface area contributed by atoms with Gasteiger partial charge < -0.3 is 0 Å². The monoisotopic (exact) mass is 590 g/mol. The lowest BCUT2D eigenvalue weighted by Crippen LogP contribution is -2.56. The molecular weight excluding hydrogens is 584 g/mol. The fraction of sp³-hybridized carbons (Fsp3) is 0.250. The molecular formula is C16H8Br2ClF7O2S. The fourth-order valence-corrected chi connectivity index (χ4v) is 5.69. The summed E-state index contributed by atoms with van der Waals surface area (Å²) in [6.07, 6.45) is -7.18. The number of benzene rings is 2. The van der Waals surface area contributed by atoms with Gasteiger partial charge in [0.25, 0.3) is 9.84 Å². The second kappa shape index (κ2) is 8.01. The van der Waals surface area contributed by atoms with E-state index in [2.05, 4.69) is 31.9 Å². The molecule has 160 valence electrons. The summed E-state index contributed by atoms with van der Waals surface area (Å²) in [4.78, 5) is -1.38. The summed E-state index contributed by atoms with van der Waals surface area (Å²) in [6, 6.07) is 7.51. The summed E-state index contributed by atoms with van der Waals surface area (Å²) in [6.45, 7) is 0. The van der Waals surface area contributed by atoms with E-state index in [1.54, 1.807) is 0 Å². The van der Waals surface area contributed by atoms with Crippen molar-refractivity contribution in [1.82, 2.24) is 0 Å². The molecule has 0 aliphatic rings. The highest BCUT2D eigenvalue weighted by Crippen LogP contribution is 2.51. The molecule has 0 saturated carbocycles. The third-order valence-electron chi connectivity index (χ3n) is 3.74. The van der Waals surface area contributed by atoms with E-state index < -0.39 is 44.1 Å². The van der Waals surface area contributed by atoms with Crippen molar-refractivity contribution in [1.29, 1.82) is 0 Å². The van der Waals surface area contributed by atoms with Crippen molar-refractivity contribution < 1.29 is 39.2 Å². The first kappa shape index (κ1) is 24.4. The Hall–Kier alpha value is -0.850. The number of halogens is 10. The van der Waals surface area contributed by atoms with Gasteiger partial charge in [0.05, 0.1) is 4.90 Å². The van der Waals surface area contributed by atoms with E-state index in [-0.39, 0.29) is 14.0 Å². The molecule has 0 N–H and O–H groups in total. The van der Waals surface area contributed by atoms with Crippen molar-refractivity contribution in [3.63, 3.8) is 0 Å². The highest BCUT2D eigenvalue weighted by Gasteiger charge is 2.78. The average Bonchev–Trinajstić information content (AvgIpc) is 2.55. The first-order valence-corrected chi connectivity index (χ1v) is 10.8. The van der Waals surface area contributed by atoms with Crippen molar-refractivity contribution >= 4 is 53.3 Å². The molecule has 29 heavy (non-hydrogen) atoms. The maximum atomic E-state index is 14.1. The van der Waals surface area contributed by atoms with Crippen molar-refractivity contribution in [2.45, 2.75) is 28.7 Å². The molecule has 0 unspecified atom stereocenters. The van der Waals surface area contributed by atoms with Crippen LogP contribution in [0.2, 0.25) is 5.02 Å². The van der Waals surface area contributed by atoms with Crippen molar-refractivity contribution in [3.05, 3.63) is 61.5 Å². The molecule has 2 aromatic rings. The number of sulfone groups is 1.